The number of rotatable bonds is 7. The molecule has 0 saturated carbocycles. The zero-order chi connectivity index (χ0) is 20.5. The second-order valence-corrected chi connectivity index (χ2v) is 6.67. The van der Waals surface area contributed by atoms with Crippen molar-refractivity contribution in [2.75, 3.05) is 6.61 Å². The summed E-state index contributed by atoms with van der Waals surface area (Å²) in [6.45, 7) is 1.66. The summed E-state index contributed by atoms with van der Waals surface area (Å²) in [4.78, 5) is 24.3. The molecule has 0 aliphatic heterocycles. The Hall–Kier alpha value is -3.66. The molecule has 0 spiro atoms. The first kappa shape index (κ1) is 20.1. The summed E-state index contributed by atoms with van der Waals surface area (Å²) in [5.41, 5.74) is 3.95. The molecule has 3 rings (SSSR count). The van der Waals surface area contributed by atoms with Gasteiger partial charge in [-0.3, -0.25) is 4.79 Å². The maximum Gasteiger partial charge on any atom is 0.331 e. The molecular formula is C25H23NO3. The highest BCUT2D eigenvalue weighted by molar-refractivity contribution is 5.89. The number of aryl methyl sites for hydroxylation is 1. The van der Waals surface area contributed by atoms with Crippen LogP contribution in [0.2, 0.25) is 0 Å². The van der Waals surface area contributed by atoms with Crippen molar-refractivity contribution < 1.29 is 14.3 Å². The van der Waals surface area contributed by atoms with Gasteiger partial charge in [0.1, 0.15) is 0 Å². The number of esters is 1. The molecule has 0 aromatic heterocycles. The lowest BCUT2D eigenvalue weighted by molar-refractivity contribution is -0.143. The molecule has 29 heavy (non-hydrogen) atoms. The molecule has 0 heterocycles. The Balaban J connectivity index is 1.59. The Morgan fingerprint density at radius 1 is 0.862 bits per heavy atom. The summed E-state index contributed by atoms with van der Waals surface area (Å²) in [6.07, 6.45) is 2.99. The van der Waals surface area contributed by atoms with E-state index in [-0.39, 0.29) is 18.6 Å². The Labute approximate surface area is 170 Å². The molecule has 0 aliphatic rings. The van der Waals surface area contributed by atoms with Gasteiger partial charge in [-0.2, -0.15) is 0 Å². The fourth-order valence-electron chi connectivity index (χ4n) is 2.88. The van der Waals surface area contributed by atoms with E-state index in [0.717, 1.165) is 22.3 Å². The van der Waals surface area contributed by atoms with Gasteiger partial charge in [0.05, 0.1) is 6.04 Å². The van der Waals surface area contributed by atoms with Gasteiger partial charge in [0.15, 0.2) is 6.61 Å². The van der Waals surface area contributed by atoms with Crippen LogP contribution >= 0.6 is 0 Å². The van der Waals surface area contributed by atoms with Crippen LogP contribution in [0.4, 0.5) is 0 Å². The Kier molecular flexibility index (Phi) is 6.95. The Bertz CT molecular complexity index is 924. The lowest BCUT2D eigenvalue weighted by atomic mass is 9.99. The zero-order valence-electron chi connectivity index (χ0n) is 16.2. The predicted octanol–water partition coefficient (Wildman–Crippen LogP) is 4.46. The molecular weight excluding hydrogens is 362 g/mol. The maximum atomic E-state index is 12.4. The van der Waals surface area contributed by atoms with Gasteiger partial charge in [-0.25, -0.2) is 4.79 Å². The summed E-state index contributed by atoms with van der Waals surface area (Å²) in [5.74, 6) is -0.920. The van der Waals surface area contributed by atoms with E-state index in [1.54, 1.807) is 6.08 Å². The minimum Gasteiger partial charge on any atom is -0.452 e. The molecule has 0 radical (unpaired) electrons. The molecule has 0 aliphatic carbocycles. The first-order valence-corrected chi connectivity index (χ1v) is 9.42. The van der Waals surface area contributed by atoms with Crippen molar-refractivity contribution >= 4 is 18.0 Å². The third-order valence-corrected chi connectivity index (χ3v) is 4.41. The summed E-state index contributed by atoms with van der Waals surface area (Å²) < 4.78 is 5.08. The molecule has 0 saturated heterocycles. The molecule has 1 amide bonds. The molecule has 4 nitrogen and oxygen atoms in total. The monoisotopic (exact) mass is 385 g/mol. The van der Waals surface area contributed by atoms with Crippen molar-refractivity contribution in [2.24, 2.45) is 0 Å². The van der Waals surface area contributed by atoms with Crippen molar-refractivity contribution in [1.29, 1.82) is 0 Å². The number of amides is 1. The summed E-state index contributed by atoms with van der Waals surface area (Å²) in [6, 6.07) is 26.8. The third-order valence-electron chi connectivity index (χ3n) is 4.41. The zero-order valence-corrected chi connectivity index (χ0v) is 16.2. The predicted molar refractivity (Wildman–Crippen MR) is 114 cm³/mol. The van der Waals surface area contributed by atoms with E-state index in [2.05, 4.69) is 5.32 Å². The van der Waals surface area contributed by atoms with Crippen molar-refractivity contribution in [1.82, 2.24) is 5.32 Å². The van der Waals surface area contributed by atoms with Gasteiger partial charge in [0, 0.05) is 6.08 Å². The fourth-order valence-corrected chi connectivity index (χ4v) is 2.88. The largest absolute Gasteiger partial charge is 0.452 e. The van der Waals surface area contributed by atoms with Gasteiger partial charge in [-0.05, 0) is 29.7 Å². The lowest BCUT2D eigenvalue weighted by Crippen LogP contribution is -2.32. The average Bonchev–Trinajstić information content (AvgIpc) is 2.77. The van der Waals surface area contributed by atoms with Crippen LogP contribution < -0.4 is 5.32 Å². The topological polar surface area (TPSA) is 55.4 Å². The second kappa shape index (κ2) is 10.0. The highest BCUT2D eigenvalue weighted by atomic mass is 16.5. The van der Waals surface area contributed by atoms with Crippen LogP contribution in [0.3, 0.4) is 0 Å². The number of hydrogen-bond donors (Lipinski definition) is 1. The number of hydrogen-bond acceptors (Lipinski definition) is 3. The third kappa shape index (κ3) is 6.18. The molecule has 4 heteroatoms. The van der Waals surface area contributed by atoms with Crippen molar-refractivity contribution in [3.63, 3.8) is 0 Å². The lowest BCUT2D eigenvalue weighted by Gasteiger charge is -2.19. The van der Waals surface area contributed by atoms with Crippen LogP contribution in [0.1, 0.15) is 28.3 Å². The van der Waals surface area contributed by atoms with E-state index < -0.39 is 5.97 Å². The van der Waals surface area contributed by atoms with Crippen LogP contribution in [0.5, 0.6) is 0 Å². The van der Waals surface area contributed by atoms with Crippen LogP contribution in [-0.4, -0.2) is 18.5 Å². The number of ether oxygens (including phenoxy) is 1. The van der Waals surface area contributed by atoms with E-state index in [9.17, 15) is 9.59 Å². The van der Waals surface area contributed by atoms with Crippen LogP contribution in [0.15, 0.2) is 91.0 Å². The van der Waals surface area contributed by atoms with E-state index in [0.29, 0.717) is 0 Å². The Morgan fingerprint density at radius 3 is 1.97 bits per heavy atom. The van der Waals surface area contributed by atoms with Crippen LogP contribution in [0, 0.1) is 6.92 Å². The van der Waals surface area contributed by atoms with Crippen molar-refractivity contribution in [3.8, 4) is 0 Å². The van der Waals surface area contributed by atoms with Gasteiger partial charge >= 0.3 is 5.97 Å². The van der Waals surface area contributed by atoms with Gasteiger partial charge in [0.2, 0.25) is 0 Å². The smallest absolute Gasteiger partial charge is 0.331 e. The summed E-state index contributed by atoms with van der Waals surface area (Å²) in [7, 11) is 0. The molecule has 0 fully saturated rings. The van der Waals surface area contributed by atoms with E-state index in [1.165, 1.54) is 6.08 Å². The average molecular weight is 385 g/mol. The van der Waals surface area contributed by atoms with Crippen molar-refractivity contribution in [2.45, 2.75) is 13.0 Å². The van der Waals surface area contributed by atoms with Crippen molar-refractivity contribution in [3.05, 3.63) is 113 Å². The Morgan fingerprint density at radius 2 is 1.41 bits per heavy atom. The number of carbonyl (C=O) groups excluding carboxylic acids is 2. The van der Waals surface area contributed by atoms with Crippen LogP contribution in [0.25, 0.3) is 6.08 Å². The molecule has 0 atom stereocenters. The highest BCUT2D eigenvalue weighted by Gasteiger charge is 2.17. The van der Waals surface area contributed by atoms with E-state index in [1.807, 2.05) is 91.9 Å². The molecule has 0 bridgehead atoms. The molecule has 3 aromatic carbocycles. The normalized spacial score (nSPS) is 10.8. The summed E-state index contributed by atoms with van der Waals surface area (Å²) >= 11 is 0. The SMILES string of the molecule is Cc1ccc(/C=C/C(=O)OCC(=O)NC(c2ccccc2)c2ccccc2)cc1. The highest BCUT2D eigenvalue weighted by Crippen LogP contribution is 2.21. The van der Waals surface area contributed by atoms with E-state index in [4.69, 9.17) is 4.74 Å². The quantitative estimate of drug-likeness (QED) is 0.483. The maximum absolute atomic E-state index is 12.4. The number of carbonyl (C=O) groups is 2. The standard InChI is InChI=1S/C25H23NO3/c1-19-12-14-20(15-13-19)16-17-24(28)29-18-23(27)26-25(21-8-4-2-5-9-21)22-10-6-3-7-11-22/h2-17,25H,18H2,1H3,(H,26,27)/b17-16+. The van der Waals surface area contributed by atoms with Gasteiger partial charge in [-0.1, -0.05) is 90.5 Å². The van der Waals surface area contributed by atoms with Crippen LogP contribution in [-0.2, 0) is 14.3 Å². The second-order valence-electron chi connectivity index (χ2n) is 6.67. The van der Waals surface area contributed by atoms with E-state index >= 15 is 0 Å². The first-order valence-electron chi connectivity index (χ1n) is 9.42. The first-order chi connectivity index (χ1) is 14.1. The fraction of sp³-hybridized carbons (Fsp3) is 0.120. The summed E-state index contributed by atoms with van der Waals surface area (Å²) in [5, 5.41) is 2.94. The molecule has 3 aromatic rings. The molecule has 146 valence electrons. The van der Waals surface area contributed by atoms with Gasteiger partial charge in [0.25, 0.3) is 5.91 Å². The minimum absolute atomic E-state index is 0.313. The van der Waals surface area contributed by atoms with Gasteiger partial charge in [-0.15, -0.1) is 0 Å². The number of nitrogens with one attached hydrogen (secondary N) is 1. The molecule has 1 N–H and O–H groups in total. The van der Waals surface area contributed by atoms with Gasteiger partial charge < -0.3 is 10.1 Å². The molecule has 0 unspecified atom stereocenters. The number of benzene rings is 3. The minimum atomic E-state index is -0.559.